The number of hydrogen-bond donors (Lipinski definition) is 2. The van der Waals surface area contributed by atoms with Gasteiger partial charge < -0.3 is 10.6 Å². The van der Waals surface area contributed by atoms with Crippen molar-refractivity contribution in [2.75, 3.05) is 44.2 Å². The van der Waals surface area contributed by atoms with Crippen molar-refractivity contribution in [2.45, 2.75) is 40.2 Å². The van der Waals surface area contributed by atoms with Gasteiger partial charge in [-0.05, 0) is 37.3 Å². The van der Waals surface area contributed by atoms with E-state index >= 15 is 0 Å². The quantitative estimate of drug-likeness (QED) is 0.510. The fourth-order valence-corrected chi connectivity index (χ4v) is 4.58. The Hall–Kier alpha value is -1.60. The van der Waals surface area contributed by atoms with Gasteiger partial charge in [0.1, 0.15) is 0 Å². The summed E-state index contributed by atoms with van der Waals surface area (Å²) in [7, 11) is -2.82. The average Bonchev–Trinajstić information content (AvgIpc) is 2.63. The topological polar surface area (TPSA) is 73.8 Å². The standard InChI is InChI=1S/C21H36N4O2S/c1-5-22-21(23-10-11-25-12-14-28(26,27)15-13-25)24-18(4)20-8-6-19(7-9-20)16-17(2)3/h6-9,17-18H,5,10-16H2,1-4H3,(H2,22,23,24). The van der Waals surface area contributed by atoms with Gasteiger partial charge in [-0.3, -0.25) is 9.89 Å². The number of hydrogen-bond acceptors (Lipinski definition) is 4. The van der Waals surface area contributed by atoms with Crippen molar-refractivity contribution < 1.29 is 8.42 Å². The molecule has 1 aliphatic heterocycles. The van der Waals surface area contributed by atoms with Crippen LogP contribution in [0.4, 0.5) is 0 Å². The molecule has 0 spiro atoms. The third-order valence-corrected chi connectivity index (χ3v) is 6.55. The normalized spacial score (nSPS) is 18.8. The van der Waals surface area contributed by atoms with Gasteiger partial charge in [-0.25, -0.2) is 8.42 Å². The van der Waals surface area contributed by atoms with Crippen LogP contribution in [-0.2, 0) is 16.3 Å². The van der Waals surface area contributed by atoms with Crippen LogP contribution in [0.25, 0.3) is 0 Å². The van der Waals surface area contributed by atoms with Gasteiger partial charge in [-0.15, -0.1) is 0 Å². The lowest BCUT2D eigenvalue weighted by Crippen LogP contribution is -2.42. The van der Waals surface area contributed by atoms with Crippen molar-refractivity contribution >= 4 is 15.8 Å². The van der Waals surface area contributed by atoms with Crippen LogP contribution in [0.15, 0.2) is 29.3 Å². The summed E-state index contributed by atoms with van der Waals surface area (Å²) in [6.07, 6.45) is 1.10. The highest BCUT2D eigenvalue weighted by Crippen LogP contribution is 2.15. The molecule has 1 unspecified atom stereocenters. The minimum atomic E-state index is -2.82. The van der Waals surface area contributed by atoms with Crippen LogP contribution in [0.3, 0.4) is 0 Å². The lowest BCUT2D eigenvalue weighted by atomic mass is 10.00. The summed E-state index contributed by atoms with van der Waals surface area (Å²) < 4.78 is 23.0. The third-order valence-electron chi connectivity index (χ3n) is 4.94. The molecule has 28 heavy (non-hydrogen) atoms. The SMILES string of the molecule is CCNC(=NCCN1CCS(=O)(=O)CC1)NC(C)c1ccc(CC(C)C)cc1. The highest BCUT2D eigenvalue weighted by Gasteiger charge is 2.20. The molecule has 0 aliphatic carbocycles. The van der Waals surface area contributed by atoms with Crippen LogP contribution in [0, 0.1) is 5.92 Å². The van der Waals surface area contributed by atoms with Crippen LogP contribution < -0.4 is 10.6 Å². The van der Waals surface area contributed by atoms with Gasteiger partial charge in [0.25, 0.3) is 0 Å². The van der Waals surface area contributed by atoms with E-state index in [-0.39, 0.29) is 17.5 Å². The van der Waals surface area contributed by atoms with Crippen molar-refractivity contribution in [1.82, 2.24) is 15.5 Å². The Balaban J connectivity index is 1.87. The van der Waals surface area contributed by atoms with Gasteiger partial charge in [-0.2, -0.15) is 0 Å². The molecule has 2 rings (SSSR count). The molecule has 6 nitrogen and oxygen atoms in total. The summed E-state index contributed by atoms with van der Waals surface area (Å²) in [5.41, 5.74) is 2.61. The zero-order chi connectivity index (χ0) is 20.6. The van der Waals surface area contributed by atoms with E-state index in [1.54, 1.807) is 0 Å². The molecule has 1 heterocycles. The van der Waals surface area contributed by atoms with Crippen LogP contribution in [0.1, 0.15) is 44.9 Å². The second kappa shape index (κ2) is 10.8. The van der Waals surface area contributed by atoms with E-state index in [1.165, 1.54) is 11.1 Å². The molecule has 158 valence electrons. The number of rotatable bonds is 8. The Kier molecular flexibility index (Phi) is 8.76. The van der Waals surface area contributed by atoms with Crippen LogP contribution >= 0.6 is 0 Å². The summed E-state index contributed by atoms with van der Waals surface area (Å²) >= 11 is 0. The van der Waals surface area contributed by atoms with Gasteiger partial charge in [0, 0.05) is 26.2 Å². The second-order valence-electron chi connectivity index (χ2n) is 7.96. The number of guanidine groups is 1. The summed E-state index contributed by atoms with van der Waals surface area (Å²) in [4.78, 5) is 6.84. The predicted octanol–water partition coefficient (Wildman–Crippen LogP) is 2.23. The number of nitrogens with one attached hydrogen (secondary N) is 2. The van der Waals surface area contributed by atoms with E-state index in [1.807, 2.05) is 0 Å². The Morgan fingerprint density at radius 2 is 1.79 bits per heavy atom. The van der Waals surface area contributed by atoms with E-state index in [9.17, 15) is 8.42 Å². The number of sulfone groups is 1. The molecule has 1 atom stereocenters. The Morgan fingerprint density at radius 1 is 1.14 bits per heavy atom. The summed E-state index contributed by atoms with van der Waals surface area (Å²) in [5, 5.41) is 6.77. The lowest BCUT2D eigenvalue weighted by molar-refractivity contribution is 0.304. The van der Waals surface area contributed by atoms with Crippen LogP contribution in [0.5, 0.6) is 0 Å². The minimum absolute atomic E-state index is 0.158. The molecule has 2 N–H and O–H groups in total. The van der Waals surface area contributed by atoms with Gasteiger partial charge >= 0.3 is 0 Å². The van der Waals surface area contributed by atoms with Crippen molar-refractivity contribution in [3.63, 3.8) is 0 Å². The fraction of sp³-hybridized carbons (Fsp3) is 0.667. The second-order valence-corrected chi connectivity index (χ2v) is 10.3. The molecule has 1 fully saturated rings. The van der Waals surface area contributed by atoms with Crippen LogP contribution in [-0.4, -0.2) is 63.5 Å². The monoisotopic (exact) mass is 408 g/mol. The molecule has 0 bridgehead atoms. The molecule has 0 amide bonds. The molecule has 0 radical (unpaired) electrons. The first kappa shape index (κ1) is 22.7. The number of aliphatic imine (C=N–C) groups is 1. The van der Waals surface area contributed by atoms with E-state index in [0.29, 0.717) is 25.6 Å². The Bertz CT molecular complexity index is 715. The van der Waals surface area contributed by atoms with Crippen molar-refractivity contribution in [1.29, 1.82) is 0 Å². The summed E-state index contributed by atoms with van der Waals surface area (Å²) in [6, 6.07) is 8.95. The first-order valence-corrected chi connectivity index (χ1v) is 12.2. The van der Waals surface area contributed by atoms with E-state index < -0.39 is 9.84 Å². The molecular formula is C21H36N4O2S. The van der Waals surface area contributed by atoms with Crippen molar-refractivity contribution in [2.24, 2.45) is 10.9 Å². The molecule has 0 saturated carbocycles. The smallest absolute Gasteiger partial charge is 0.191 e. The molecule has 1 aromatic rings. The number of nitrogens with zero attached hydrogens (tertiary/aromatic N) is 2. The predicted molar refractivity (Wildman–Crippen MR) is 118 cm³/mol. The molecule has 1 aliphatic rings. The third kappa shape index (κ3) is 7.80. The zero-order valence-corrected chi connectivity index (χ0v) is 18.6. The fourth-order valence-electron chi connectivity index (χ4n) is 3.30. The maximum absolute atomic E-state index is 11.5. The largest absolute Gasteiger partial charge is 0.357 e. The highest BCUT2D eigenvalue weighted by molar-refractivity contribution is 7.91. The summed E-state index contributed by atoms with van der Waals surface area (Å²) in [5.74, 6) is 1.98. The number of benzene rings is 1. The highest BCUT2D eigenvalue weighted by atomic mass is 32.2. The maximum Gasteiger partial charge on any atom is 0.191 e. The van der Waals surface area contributed by atoms with Gasteiger partial charge in [0.2, 0.25) is 0 Å². The molecular weight excluding hydrogens is 372 g/mol. The molecule has 1 saturated heterocycles. The van der Waals surface area contributed by atoms with Crippen molar-refractivity contribution in [3.8, 4) is 0 Å². The molecule has 0 aromatic heterocycles. The zero-order valence-electron chi connectivity index (χ0n) is 17.7. The van der Waals surface area contributed by atoms with Crippen molar-refractivity contribution in [3.05, 3.63) is 35.4 Å². The first-order valence-electron chi connectivity index (χ1n) is 10.4. The lowest BCUT2D eigenvalue weighted by Gasteiger charge is -2.26. The summed E-state index contributed by atoms with van der Waals surface area (Å²) in [6.45, 7) is 12.1. The van der Waals surface area contributed by atoms with Gasteiger partial charge in [0.15, 0.2) is 15.8 Å². The van der Waals surface area contributed by atoms with E-state index in [2.05, 4.69) is 72.5 Å². The minimum Gasteiger partial charge on any atom is -0.357 e. The van der Waals surface area contributed by atoms with Gasteiger partial charge in [-0.1, -0.05) is 38.1 Å². The first-order chi connectivity index (χ1) is 13.3. The average molecular weight is 409 g/mol. The Labute approximate surface area is 170 Å². The molecule has 7 heteroatoms. The molecule has 1 aromatic carbocycles. The van der Waals surface area contributed by atoms with E-state index in [0.717, 1.165) is 25.5 Å². The Morgan fingerprint density at radius 3 is 2.36 bits per heavy atom. The van der Waals surface area contributed by atoms with E-state index in [4.69, 9.17) is 0 Å². The maximum atomic E-state index is 11.5. The van der Waals surface area contributed by atoms with Crippen LogP contribution in [0.2, 0.25) is 0 Å². The van der Waals surface area contributed by atoms with Gasteiger partial charge in [0.05, 0.1) is 24.1 Å².